The van der Waals surface area contributed by atoms with Crippen LogP contribution in [0.2, 0.25) is 0 Å². The Morgan fingerprint density at radius 2 is 1.89 bits per heavy atom. The number of para-hydroxylation sites is 2. The molecule has 0 amide bonds. The molecular formula is C14H15N5. The third kappa shape index (κ3) is 2.40. The van der Waals surface area contributed by atoms with Gasteiger partial charge in [-0.2, -0.15) is 5.10 Å². The van der Waals surface area contributed by atoms with Gasteiger partial charge in [-0.3, -0.25) is 4.68 Å². The van der Waals surface area contributed by atoms with Crippen LogP contribution in [-0.2, 0) is 13.6 Å². The summed E-state index contributed by atoms with van der Waals surface area (Å²) in [5.41, 5.74) is 3.85. The third-order valence-corrected chi connectivity index (χ3v) is 2.96. The summed E-state index contributed by atoms with van der Waals surface area (Å²) in [4.78, 5) is 9.14. The quantitative estimate of drug-likeness (QED) is 0.778. The zero-order valence-corrected chi connectivity index (χ0v) is 11.0. The zero-order valence-electron chi connectivity index (χ0n) is 11.0. The number of rotatable bonds is 3. The molecule has 1 N–H and O–H groups in total. The van der Waals surface area contributed by atoms with E-state index in [1.54, 1.807) is 4.68 Å². The number of fused-ring (bicyclic) bond motifs is 1. The molecule has 96 valence electrons. The number of nitrogens with zero attached hydrogens (tertiary/aromatic N) is 4. The fraction of sp³-hybridized carbons (Fsp3) is 0.214. The van der Waals surface area contributed by atoms with Gasteiger partial charge in [0.05, 0.1) is 22.9 Å². The topological polar surface area (TPSA) is 55.6 Å². The maximum Gasteiger partial charge on any atom is 0.148 e. The highest BCUT2D eigenvalue weighted by molar-refractivity contribution is 5.76. The Hall–Kier alpha value is -2.43. The van der Waals surface area contributed by atoms with Crippen molar-refractivity contribution in [1.82, 2.24) is 19.7 Å². The molecular weight excluding hydrogens is 238 g/mol. The SMILES string of the molecule is Cc1nc2ccccc2nc1NCc1cnn(C)c1. The smallest absolute Gasteiger partial charge is 0.148 e. The van der Waals surface area contributed by atoms with E-state index in [1.807, 2.05) is 50.6 Å². The van der Waals surface area contributed by atoms with E-state index in [2.05, 4.69) is 20.4 Å². The minimum absolute atomic E-state index is 0.696. The Bertz CT molecular complexity index is 717. The van der Waals surface area contributed by atoms with Gasteiger partial charge >= 0.3 is 0 Å². The molecule has 0 aliphatic rings. The first kappa shape index (κ1) is 11.6. The standard InChI is InChI=1S/C14H15N5/c1-10-14(15-7-11-8-16-19(2)9-11)18-13-6-4-3-5-12(13)17-10/h3-6,8-9H,7H2,1-2H3,(H,15,18). The monoisotopic (exact) mass is 253 g/mol. The van der Waals surface area contributed by atoms with E-state index in [0.29, 0.717) is 6.54 Å². The van der Waals surface area contributed by atoms with Crippen molar-refractivity contribution in [3.05, 3.63) is 47.9 Å². The molecule has 3 rings (SSSR count). The minimum atomic E-state index is 0.696. The van der Waals surface area contributed by atoms with E-state index >= 15 is 0 Å². The van der Waals surface area contributed by atoms with Gasteiger partial charge in [-0.05, 0) is 19.1 Å². The van der Waals surface area contributed by atoms with E-state index in [9.17, 15) is 0 Å². The van der Waals surface area contributed by atoms with Crippen LogP contribution < -0.4 is 5.32 Å². The van der Waals surface area contributed by atoms with Gasteiger partial charge in [0, 0.05) is 25.4 Å². The van der Waals surface area contributed by atoms with Crippen LogP contribution in [0.15, 0.2) is 36.7 Å². The largest absolute Gasteiger partial charge is 0.364 e. The second-order valence-corrected chi connectivity index (χ2v) is 4.52. The predicted molar refractivity (Wildman–Crippen MR) is 74.8 cm³/mol. The Kier molecular flexibility index (Phi) is 2.87. The summed E-state index contributed by atoms with van der Waals surface area (Å²) < 4.78 is 1.79. The number of aromatic nitrogens is 4. The molecule has 5 heteroatoms. The Labute approximate surface area is 111 Å². The highest BCUT2D eigenvalue weighted by atomic mass is 15.2. The molecule has 0 bridgehead atoms. The van der Waals surface area contributed by atoms with Crippen molar-refractivity contribution in [2.24, 2.45) is 7.05 Å². The summed E-state index contributed by atoms with van der Waals surface area (Å²) in [7, 11) is 1.91. The van der Waals surface area contributed by atoms with Gasteiger partial charge in [-0.1, -0.05) is 12.1 Å². The highest BCUT2D eigenvalue weighted by Gasteiger charge is 2.05. The first-order valence-corrected chi connectivity index (χ1v) is 6.17. The minimum Gasteiger partial charge on any atom is -0.364 e. The normalized spacial score (nSPS) is 10.8. The number of hydrogen-bond acceptors (Lipinski definition) is 4. The van der Waals surface area contributed by atoms with Crippen molar-refractivity contribution in [2.45, 2.75) is 13.5 Å². The van der Waals surface area contributed by atoms with Gasteiger partial charge in [0.25, 0.3) is 0 Å². The van der Waals surface area contributed by atoms with Gasteiger partial charge in [0.2, 0.25) is 0 Å². The molecule has 2 heterocycles. The first-order chi connectivity index (χ1) is 9.22. The second-order valence-electron chi connectivity index (χ2n) is 4.52. The van der Waals surface area contributed by atoms with Gasteiger partial charge in [-0.25, -0.2) is 9.97 Å². The predicted octanol–water partition coefficient (Wildman–Crippen LogP) is 2.28. The van der Waals surface area contributed by atoms with Crippen LogP contribution >= 0.6 is 0 Å². The molecule has 0 aliphatic carbocycles. The number of aryl methyl sites for hydroxylation is 2. The van der Waals surface area contributed by atoms with Crippen molar-refractivity contribution in [3.8, 4) is 0 Å². The van der Waals surface area contributed by atoms with Gasteiger partial charge < -0.3 is 5.32 Å². The van der Waals surface area contributed by atoms with E-state index in [-0.39, 0.29) is 0 Å². The molecule has 0 atom stereocenters. The molecule has 0 saturated heterocycles. The maximum atomic E-state index is 4.60. The van der Waals surface area contributed by atoms with Crippen LogP contribution in [0.1, 0.15) is 11.3 Å². The average Bonchev–Trinajstić information content (AvgIpc) is 2.82. The second kappa shape index (κ2) is 4.68. The summed E-state index contributed by atoms with van der Waals surface area (Å²) in [5.74, 6) is 0.822. The number of benzene rings is 1. The zero-order chi connectivity index (χ0) is 13.2. The summed E-state index contributed by atoms with van der Waals surface area (Å²) >= 11 is 0. The molecule has 1 aromatic carbocycles. The van der Waals surface area contributed by atoms with Crippen LogP contribution in [0.3, 0.4) is 0 Å². The summed E-state index contributed by atoms with van der Waals surface area (Å²) in [6.45, 7) is 2.66. The van der Waals surface area contributed by atoms with Crippen molar-refractivity contribution in [2.75, 3.05) is 5.32 Å². The van der Waals surface area contributed by atoms with Gasteiger partial charge in [0.1, 0.15) is 5.82 Å². The van der Waals surface area contributed by atoms with Crippen LogP contribution in [0.25, 0.3) is 11.0 Å². The van der Waals surface area contributed by atoms with Gasteiger partial charge in [-0.15, -0.1) is 0 Å². The lowest BCUT2D eigenvalue weighted by Crippen LogP contribution is -2.04. The van der Waals surface area contributed by atoms with E-state index in [4.69, 9.17) is 0 Å². The van der Waals surface area contributed by atoms with Crippen molar-refractivity contribution in [3.63, 3.8) is 0 Å². The lowest BCUT2D eigenvalue weighted by molar-refractivity contribution is 0.767. The molecule has 5 nitrogen and oxygen atoms in total. The summed E-state index contributed by atoms with van der Waals surface area (Å²) in [6.07, 6.45) is 3.83. The lowest BCUT2D eigenvalue weighted by Gasteiger charge is -2.08. The molecule has 0 aliphatic heterocycles. The van der Waals surface area contributed by atoms with E-state index in [1.165, 1.54) is 0 Å². The lowest BCUT2D eigenvalue weighted by atomic mass is 10.3. The Morgan fingerprint density at radius 1 is 1.16 bits per heavy atom. The molecule has 0 unspecified atom stereocenters. The van der Waals surface area contributed by atoms with Crippen LogP contribution in [-0.4, -0.2) is 19.7 Å². The molecule has 2 aromatic heterocycles. The fourth-order valence-corrected chi connectivity index (χ4v) is 2.00. The number of hydrogen-bond donors (Lipinski definition) is 1. The average molecular weight is 253 g/mol. The molecule has 0 radical (unpaired) electrons. The molecule has 3 aromatic rings. The Morgan fingerprint density at radius 3 is 2.58 bits per heavy atom. The highest BCUT2D eigenvalue weighted by Crippen LogP contribution is 2.16. The van der Waals surface area contributed by atoms with Crippen molar-refractivity contribution < 1.29 is 0 Å². The summed E-state index contributed by atoms with van der Waals surface area (Å²) in [6, 6.07) is 7.88. The molecule has 0 spiro atoms. The number of anilines is 1. The molecule has 0 fully saturated rings. The van der Waals surface area contributed by atoms with Crippen molar-refractivity contribution in [1.29, 1.82) is 0 Å². The van der Waals surface area contributed by atoms with Crippen LogP contribution in [0.5, 0.6) is 0 Å². The van der Waals surface area contributed by atoms with E-state index in [0.717, 1.165) is 28.1 Å². The van der Waals surface area contributed by atoms with Crippen molar-refractivity contribution >= 4 is 16.9 Å². The van der Waals surface area contributed by atoms with E-state index < -0.39 is 0 Å². The molecule has 19 heavy (non-hydrogen) atoms. The van der Waals surface area contributed by atoms with Crippen LogP contribution in [0, 0.1) is 6.92 Å². The number of nitrogens with one attached hydrogen (secondary N) is 1. The van der Waals surface area contributed by atoms with Gasteiger partial charge in [0.15, 0.2) is 0 Å². The summed E-state index contributed by atoms with van der Waals surface area (Å²) in [5, 5.41) is 7.45. The first-order valence-electron chi connectivity index (χ1n) is 6.17. The maximum absolute atomic E-state index is 4.60. The third-order valence-electron chi connectivity index (χ3n) is 2.96. The molecule has 0 saturated carbocycles. The Balaban J connectivity index is 1.86. The van der Waals surface area contributed by atoms with Crippen LogP contribution in [0.4, 0.5) is 5.82 Å². The fourth-order valence-electron chi connectivity index (χ4n) is 2.00.